The summed E-state index contributed by atoms with van der Waals surface area (Å²) >= 11 is 0. The zero-order chi connectivity index (χ0) is 15.9. The molecule has 3 rings (SSSR count). The van der Waals surface area contributed by atoms with Gasteiger partial charge in [-0.1, -0.05) is 0 Å². The molecule has 1 aliphatic heterocycles. The minimum Gasteiger partial charge on any atom is -0.474 e. The molecule has 0 radical (unpaired) electrons. The summed E-state index contributed by atoms with van der Waals surface area (Å²) in [5, 5.41) is 5.70. The lowest BCUT2D eigenvalue weighted by molar-refractivity contribution is 0.111. The third-order valence-corrected chi connectivity index (χ3v) is 4.36. The van der Waals surface area contributed by atoms with Gasteiger partial charge in [0.25, 0.3) is 0 Å². The predicted molar refractivity (Wildman–Crippen MR) is 86.3 cm³/mol. The molecule has 0 spiro atoms. The van der Waals surface area contributed by atoms with E-state index in [1.165, 1.54) is 12.8 Å². The van der Waals surface area contributed by atoms with E-state index in [-0.39, 0.29) is 12.1 Å². The highest BCUT2D eigenvalue weighted by atomic mass is 16.5. The second-order valence-electron chi connectivity index (χ2n) is 6.23. The van der Waals surface area contributed by atoms with E-state index < -0.39 is 0 Å². The second-order valence-corrected chi connectivity index (χ2v) is 6.23. The first-order valence-corrected chi connectivity index (χ1v) is 8.54. The maximum Gasteiger partial charge on any atom is 0.315 e. The largest absolute Gasteiger partial charge is 0.474 e. The minimum atomic E-state index is -0.171. The molecule has 0 unspecified atom stereocenters. The number of pyridine rings is 1. The van der Waals surface area contributed by atoms with E-state index in [9.17, 15) is 4.79 Å². The van der Waals surface area contributed by atoms with Crippen molar-refractivity contribution in [1.82, 2.24) is 15.6 Å². The van der Waals surface area contributed by atoms with Gasteiger partial charge in [0.05, 0.1) is 6.10 Å². The van der Waals surface area contributed by atoms with Crippen molar-refractivity contribution in [3.05, 3.63) is 23.9 Å². The van der Waals surface area contributed by atoms with Crippen LogP contribution in [0.1, 0.15) is 44.1 Å². The zero-order valence-corrected chi connectivity index (χ0v) is 13.4. The summed E-state index contributed by atoms with van der Waals surface area (Å²) in [6, 6.07) is 3.62. The Hall–Kier alpha value is -1.82. The Bertz CT molecular complexity index is 512. The maximum absolute atomic E-state index is 11.8. The van der Waals surface area contributed by atoms with Crippen LogP contribution in [-0.2, 0) is 11.3 Å². The van der Waals surface area contributed by atoms with Gasteiger partial charge in [0.1, 0.15) is 6.10 Å². The number of aromatic nitrogens is 1. The lowest BCUT2D eigenvalue weighted by Crippen LogP contribution is -2.39. The van der Waals surface area contributed by atoms with Crippen LogP contribution >= 0.6 is 0 Å². The van der Waals surface area contributed by atoms with Gasteiger partial charge < -0.3 is 20.1 Å². The lowest BCUT2D eigenvalue weighted by Gasteiger charge is -2.13. The Balaban J connectivity index is 1.41. The molecule has 2 amide bonds. The number of hydrogen-bond donors (Lipinski definition) is 2. The molecule has 1 saturated carbocycles. The van der Waals surface area contributed by atoms with Crippen molar-refractivity contribution < 1.29 is 14.3 Å². The van der Waals surface area contributed by atoms with Crippen LogP contribution in [-0.4, -0.2) is 36.4 Å². The van der Waals surface area contributed by atoms with Crippen LogP contribution < -0.4 is 15.4 Å². The molecule has 2 heterocycles. The van der Waals surface area contributed by atoms with Gasteiger partial charge >= 0.3 is 6.03 Å². The van der Waals surface area contributed by atoms with Crippen molar-refractivity contribution in [3.8, 4) is 5.88 Å². The fourth-order valence-corrected chi connectivity index (χ4v) is 3.06. The van der Waals surface area contributed by atoms with E-state index in [4.69, 9.17) is 9.47 Å². The lowest BCUT2D eigenvalue weighted by atomic mass is 10.2. The van der Waals surface area contributed by atoms with E-state index in [1.54, 1.807) is 6.20 Å². The van der Waals surface area contributed by atoms with Crippen molar-refractivity contribution in [2.75, 3.05) is 13.2 Å². The summed E-state index contributed by atoms with van der Waals surface area (Å²) in [6.45, 7) is 1.83. The number of amides is 2. The number of carbonyl (C=O) groups is 1. The average molecular weight is 319 g/mol. The van der Waals surface area contributed by atoms with Crippen LogP contribution in [0.25, 0.3) is 0 Å². The van der Waals surface area contributed by atoms with E-state index in [0.29, 0.717) is 25.1 Å². The Labute approximate surface area is 137 Å². The minimum absolute atomic E-state index is 0.160. The third-order valence-electron chi connectivity index (χ3n) is 4.36. The first-order valence-electron chi connectivity index (χ1n) is 8.54. The molecule has 2 aliphatic rings. The summed E-state index contributed by atoms with van der Waals surface area (Å²) in [7, 11) is 0. The highest BCUT2D eigenvalue weighted by Gasteiger charge is 2.17. The van der Waals surface area contributed by atoms with Crippen molar-refractivity contribution in [1.29, 1.82) is 0 Å². The highest BCUT2D eigenvalue weighted by molar-refractivity contribution is 5.73. The Morgan fingerprint density at radius 3 is 2.91 bits per heavy atom. The van der Waals surface area contributed by atoms with Crippen molar-refractivity contribution in [2.24, 2.45) is 0 Å². The van der Waals surface area contributed by atoms with Gasteiger partial charge in [0, 0.05) is 32.0 Å². The zero-order valence-electron chi connectivity index (χ0n) is 13.4. The number of urea groups is 1. The SMILES string of the molecule is O=C(NCc1ccnc(OC2CCCC2)c1)NC[C@@H]1CCCO1. The van der Waals surface area contributed by atoms with Gasteiger partial charge in [-0.2, -0.15) is 0 Å². The molecule has 23 heavy (non-hydrogen) atoms. The maximum atomic E-state index is 11.8. The number of nitrogens with zero attached hydrogens (tertiary/aromatic N) is 1. The van der Waals surface area contributed by atoms with Gasteiger partial charge in [-0.3, -0.25) is 0 Å². The number of nitrogens with one attached hydrogen (secondary N) is 2. The fraction of sp³-hybridized carbons (Fsp3) is 0.647. The molecular weight excluding hydrogens is 294 g/mol. The molecule has 6 nitrogen and oxygen atoms in total. The summed E-state index contributed by atoms with van der Waals surface area (Å²) in [6.07, 6.45) is 8.96. The molecule has 1 atom stereocenters. The fourth-order valence-electron chi connectivity index (χ4n) is 3.06. The van der Waals surface area contributed by atoms with Crippen LogP contribution in [0.3, 0.4) is 0 Å². The van der Waals surface area contributed by atoms with Crippen LogP contribution in [0, 0.1) is 0 Å². The molecule has 6 heteroatoms. The Kier molecular flexibility index (Phi) is 5.69. The monoisotopic (exact) mass is 319 g/mol. The Morgan fingerprint density at radius 2 is 2.13 bits per heavy atom. The topological polar surface area (TPSA) is 72.5 Å². The first kappa shape index (κ1) is 16.1. The number of carbonyl (C=O) groups excluding carboxylic acids is 1. The Morgan fingerprint density at radius 1 is 1.26 bits per heavy atom. The van der Waals surface area contributed by atoms with E-state index in [1.807, 2.05) is 12.1 Å². The molecule has 2 N–H and O–H groups in total. The van der Waals surface area contributed by atoms with Crippen LogP contribution in [0.4, 0.5) is 4.79 Å². The molecule has 2 fully saturated rings. The standard InChI is InChI=1S/C17H25N3O3/c21-17(20-12-15-6-3-9-22-15)19-11-13-7-8-18-16(10-13)23-14-4-1-2-5-14/h7-8,10,14-15H,1-6,9,11-12H2,(H2,19,20,21)/t15-/m0/s1. The summed E-state index contributed by atoms with van der Waals surface area (Å²) in [5.41, 5.74) is 0.986. The van der Waals surface area contributed by atoms with Gasteiger partial charge in [0.2, 0.25) is 5.88 Å². The molecule has 0 bridgehead atoms. The van der Waals surface area contributed by atoms with Gasteiger partial charge in [-0.05, 0) is 50.2 Å². The van der Waals surface area contributed by atoms with Crippen molar-refractivity contribution >= 4 is 6.03 Å². The smallest absolute Gasteiger partial charge is 0.315 e. The van der Waals surface area contributed by atoms with Gasteiger partial charge in [0.15, 0.2) is 0 Å². The van der Waals surface area contributed by atoms with E-state index in [0.717, 1.165) is 37.9 Å². The molecular formula is C17H25N3O3. The predicted octanol–water partition coefficient (Wildman–Crippen LogP) is 2.38. The number of ether oxygens (including phenoxy) is 2. The molecule has 1 saturated heterocycles. The van der Waals surface area contributed by atoms with Gasteiger partial charge in [-0.15, -0.1) is 0 Å². The molecule has 126 valence electrons. The molecule has 1 aromatic rings. The number of rotatable bonds is 6. The third kappa shape index (κ3) is 5.10. The van der Waals surface area contributed by atoms with Gasteiger partial charge in [-0.25, -0.2) is 9.78 Å². The quantitative estimate of drug-likeness (QED) is 0.844. The normalized spacial score (nSPS) is 21.3. The summed E-state index contributed by atoms with van der Waals surface area (Å²) < 4.78 is 11.4. The molecule has 0 aromatic carbocycles. The number of hydrogen-bond acceptors (Lipinski definition) is 4. The van der Waals surface area contributed by atoms with Crippen LogP contribution in [0.15, 0.2) is 18.3 Å². The highest BCUT2D eigenvalue weighted by Crippen LogP contribution is 2.23. The first-order chi connectivity index (χ1) is 11.3. The molecule has 1 aromatic heterocycles. The van der Waals surface area contributed by atoms with Crippen LogP contribution in [0.2, 0.25) is 0 Å². The van der Waals surface area contributed by atoms with Crippen LogP contribution in [0.5, 0.6) is 5.88 Å². The molecule has 1 aliphatic carbocycles. The van der Waals surface area contributed by atoms with E-state index >= 15 is 0 Å². The second kappa shape index (κ2) is 8.15. The average Bonchev–Trinajstić information content (AvgIpc) is 3.25. The summed E-state index contributed by atoms with van der Waals surface area (Å²) in [5.74, 6) is 0.649. The van der Waals surface area contributed by atoms with Crippen molar-refractivity contribution in [3.63, 3.8) is 0 Å². The summed E-state index contributed by atoms with van der Waals surface area (Å²) in [4.78, 5) is 16.1. The van der Waals surface area contributed by atoms with E-state index in [2.05, 4.69) is 15.6 Å². The van der Waals surface area contributed by atoms with Crippen molar-refractivity contribution in [2.45, 2.75) is 57.3 Å².